The van der Waals surface area contributed by atoms with Crippen LogP contribution in [0.3, 0.4) is 0 Å². The molecular weight excluding hydrogens is 192 g/mol. The van der Waals surface area contributed by atoms with E-state index in [9.17, 15) is 9.59 Å². The number of hydrogen-bond acceptors (Lipinski definition) is 3. The highest BCUT2D eigenvalue weighted by Crippen LogP contribution is 2.36. The summed E-state index contributed by atoms with van der Waals surface area (Å²) >= 11 is 0. The first-order valence-electron chi connectivity index (χ1n) is 5.42. The fourth-order valence-corrected chi connectivity index (χ4v) is 1.55. The highest BCUT2D eigenvalue weighted by atomic mass is 16.5. The third-order valence-electron chi connectivity index (χ3n) is 3.16. The highest BCUT2D eigenvalue weighted by Gasteiger charge is 2.41. The van der Waals surface area contributed by atoms with Crippen LogP contribution in [0.4, 0.5) is 0 Å². The summed E-state index contributed by atoms with van der Waals surface area (Å²) in [5.41, 5.74) is -0.363. The fraction of sp³-hybridized carbons (Fsp3) is 0.833. The lowest BCUT2D eigenvalue weighted by molar-refractivity contribution is -0.157. The maximum Gasteiger partial charge on any atom is 0.317 e. The molecule has 3 heteroatoms. The van der Waals surface area contributed by atoms with Gasteiger partial charge in [-0.15, -0.1) is 0 Å². The third-order valence-corrected chi connectivity index (χ3v) is 3.16. The van der Waals surface area contributed by atoms with Crippen LogP contribution in [0.5, 0.6) is 0 Å². The van der Waals surface area contributed by atoms with E-state index in [2.05, 4.69) is 0 Å². The molecule has 0 fully saturated rings. The molecule has 0 rings (SSSR count). The van der Waals surface area contributed by atoms with E-state index < -0.39 is 11.9 Å². The Bertz CT molecular complexity index is 241. The second kappa shape index (κ2) is 5.29. The Morgan fingerprint density at radius 3 is 2.00 bits per heavy atom. The molecule has 0 aliphatic rings. The molecule has 0 aromatic heterocycles. The van der Waals surface area contributed by atoms with Crippen molar-refractivity contribution in [3.8, 4) is 0 Å². The van der Waals surface area contributed by atoms with Crippen molar-refractivity contribution >= 4 is 11.8 Å². The topological polar surface area (TPSA) is 43.4 Å². The molecule has 15 heavy (non-hydrogen) atoms. The van der Waals surface area contributed by atoms with Crippen LogP contribution in [-0.2, 0) is 14.3 Å². The largest absolute Gasteiger partial charge is 0.465 e. The Balaban J connectivity index is 4.97. The van der Waals surface area contributed by atoms with Crippen molar-refractivity contribution in [3.05, 3.63) is 0 Å². The van der Waals surface area contributed by atoms with Gasteiger partial charge in [0.1, 0.15) is 11.7 Å². The quantitative estimate of drug-likeness (QED) is 0.521. The van der Waals surface area contributed by atoms with Gasteiger partial charge in [0.15, 0.2) is 0 Å². The number of ether oxygens (including phenoxy) is 1. The van der Waals surface area contributed by atoms with E-state index in [1.165, 1.54) is 6.92 Å². The Morgan fingerprint density at radius 2 is 1.73 bits per heavy atom. The first-order chi connectivity index (χ1) is 6.75. The summed E-state index contributed by atoms with van der Waals surface area (Å²) < 4.78 is 4.94. The lowest BCUT2D eigenvalue weighted by Gasteiger charge is -2.34. The zero-order valence-corrected chi connectivity index (χ0v) is 10.6. The van der Waals surface area contributed by atoms with Crippen LogP contribution in [0, 0.1) is 17.3 Å². The molecule has 88 valence electrons. The molecule has 0 aromatic carbocycles. The van der Waals surface area contributed by atoms with Gasteiger partial charge in [0.25, 0.3) is 0 Å². The Hall–Kier alpha value is -0.860. The number of rotatable bonds is 5. The van der Waals surface area contributed by atoms with E-state index in [1.54, 1.807) is 6.92 Å². The average molecular weight is 214 g/mol. The average Bonchev–Trinajstić information content (AvgIpc) is 2.02. The van der Waals surface area contributed by atoms with E-state index in [0.717, 1.165) is 0 Å². The Kier molecular flexibility index (Phi) is 4.98. The molecule has 0 aliphatic heterocycles. The van der Waals surface area contributed by atoms with E-state index in [1.807, 2.05) is 27.7 Å². The number of ketones is 1. The molecular formula is C12H22O3. The normalized spacial score (nSPS) is 13.8. The van der Waals surface area contributed by atoms with Crippen molar-refractivity contribution in [2.24, 2.45) is 17.3 Å². The van der Waals surface area contributed by atoms with Crippen LogP contribution in [0.15, 0.2) is 0 Å². The number of carbonyl (C=O) groups is 2. The van der Waals surface area contributed by atoms with Gasteiger partial charge in [-0.25, -0.2) is 0 Å². The number of Topliss-reactive ketones (excluding diaryl/α,β-unsaturated/α-hetero) is 1. The van der Waals surface area contributed by atoms with Crippen LogP contribution in [0.25, 0.3) is 0 Å². The number of carbonyl (C=O) groups excluding carboxylic acids is 2. The molecule has 0 spiro atoms. The van der Waals surface area contributed by atoms with Crippen molar-refractivity contribution in [2.45, 2.75) is 41.5 Å². The lowest BCUT2D eigenvalue weighted by atomic mass is 9.69. The van der Waals surface area contributed by atoms with Gasteiger partial charge in [0.2, 0.25) is 0 Å². The van der Waals surface area contributed by atoms with Crippen molar-refractivity contribution in [2.75, 3.05) is 6.61 Å². The maximum atomic E-state index is 11.7. The smallest absolute Gasteiger partial charge is 0.317 e. The number of esters is 1. The second-order valence-electron chi connectivity index (χ2n) is 4.77. The zero-order valence-electron chi connectivity index (χ0n) is 10.6. The molecule has 0 heterocycles. The van der Waals surface area contributed by atoms with Gasteiger partial charge in [0.05, 0.1) is 6.61 Å². The van der Waals surface area contributed by atoms with Crippen molar-refractivity contribution in [3.63, 3.8) is 0 Å². The summed E-state index contributed by atoms with van der Waals surface area (Å²) in [5, 5.41) is 0. The molecule has 0 N–H and O–H groups in total. The van der Waals surface area contributed by atoms with Gasteiger partial charge in [0, 0.05) is 0 Å². The summed E-state index contributed by atoms with van der Waals surface area (Å²) in [6, 6.07) is 0. The minimum absolute atomic E-state index is 0.118. The second-order valence-corrected chi connectivity index (χ2v) is 4.77. The van der Waals surface area contributed by atoms with Gasteiger partial charge in [-0.1, -0.05) is 27.7 Å². The van der Waals surface area contributed by atoms with Crippen LogP contribution in [-0.4, -0.2) is 18.4 Å². The molecule has 3 nitrogen and oxygen atoms in total. The molecule has 0 aromatic rings. The summed E-state index contributed by atoms with van der Waals surface area (Å²) in [4.78, 5) is 23.2. The lowest BCUT2D eigenvalue weighted by Crippen LogP contribution is -2.40. The molecule has 0 saturated heterocycles. The fourth-order valence-electron chi connectivity index (χ4n) is 1.55. The van der Waals surface area contributed by atoms with Crippen LogP contribution >= 0.6 is 0 Å². The van der Waals surface area contributed by atoms with Crippen LogP contribution < -0.4 is 0 Å². The van der Waals surface area contributed by atoms with Crippen molar-refractivity contribution < 1.29 is 14.3 Å². The minimum atomic E-state index is -0.655. The third kappa shape index (κ3) is 3.33. The highest BCUT2D eigenvalue weighted by molar-refractivity contribution is 5.98. The molecule has 0 amide bonds. The monoisotopic (exact) mass is 214 g/mol. The molecule has 1 unspecified atom stereocenters. The predicted molar refractivity (Wildman–Crippen MR) is 59.4 cm³/mol. The van der Waals surface area contributed by atoms with Gasteiger partial charge >= 0.3 is 5.97 Å². The van der Waals surface area contributed by atoms with E-state index in [-0.39, 0.29) is 17.1 Å². The van der Waals surface area contributed by atoms with Gasteiger partial charge in [-0.2, -0.15) is 0 Å². The Labute approximate surface area is 92.2 Å². The summed E-state index contributed by atoms with van der Waals surface area (Å²) in [7, 11) is 0. The number of hydrogen-bond donors (Lipinski definition) is 0. The first-order valence-corrected chi connectivity index (χ1v) is 5.42. The van der Waals surface area contributed by atoms with Crippen molar-refractivity contribution in [1.82, 2.24) is 0 Å². The van der Waals surface area contributed by atoms with Crippen molar-refractivity contribution in [1.29, 1.82) is 0 Å². The maximum absolute atomic E-state index is 11.7. The van der Waals surface area contributed by atoms with E-state index in [4.69, 9.17) is 4.74 Å². The standard InChI is InChI=1S/C12H22O3/c1-7-15-11(14)10(9(4)13)12(5,6)8(2)3/h8,10H,7H2,1-6H3. The van der Waals surface area contributed by atoms with Gasteiger partial charge in [-0.3, -0.25) is 9.59 Å². The molecule has 1 atom stereocenters. The molecule has 0 bridgehead atoms. The summed E-state index contributed by atoms with van der Waals surface area (Å²) in [5.74, 6) is -0.927. The molecule has 0 saturated carbocycles. The SMILES string of the molecule is CCOC(=O)C(C(C)=O)C(C)(C)C(C)C. The van der Waals surface area contributed by atoms with E-state index in [0.29, 0.717) is 6.61 Å². The van der Waals surface area contributed by atoms with Gasteiger partial charge < -0.3 is 4.74 Å². The van der Waals surface area contributed by atoms with E-state index >= 15 is 0 Å². The predicted octanol–water partition coefficient (Wildman–Crippen LogP) is 2.44. The molecule has 0 radical (unpaired) electrons. The first kappa shape index (κ1) is 14.1. The summed E-state index contributed by atoms with van der Waals surface area (Å²) in [6.45, 7) is 11.4. The summed E-state index contributed by atoms with van der Waals surface area (Å²) in [6.07, 6.45) is 0. The molecule has 0 aliphatic carbocycles. The zero-order chi connectivity index (χ0) is 12.2. The van der Waals surface area contributed by atoms with Crippen LogP contribution in [0.2, 0.25) is 0 Å². The van der Waals surface area contributed by atoms with Gasteiger partial charge in [-0.05, 0) is 25.2 Å². The Morgan fingerprint density at radius 1 is 1.27 bits per heavy atom. The minimum Gasteiger partial charge on any atom is -0.465 e. The van der Waals surface area contributed by atoms with Crippen LogP contribution in [0.1, 0.15) is 41.5 Å².